The summed E-state index contributed by atoms with van der Waals surface area (Å²) in [5, 5.41) is 12.6. The van der Waals surface area contributed by atoms with Crippen molar-refractivity contribution in [3.63, 3.8) is 0 Å². The number of ether oxygens (including phenoxy) is 1. The van der Waals surface area contributed by atoms with Crippen LogP contribution >= 0.6 is 0 Å². The molecule has 0 saturated heterocycles. The van der Waals surface area contributed by atoms with Crippen LogP contribution in [0.2, 0.25) is 0 Å². The second-order valence-corrected chi connectivity index (χ2v) is 6.21. The van der Waals surface area contributed by atoms with Gasteiger partial charge in [0, 0.05) is 13.1 Å². The van der Waals surface area contributed by atoms with Crippen LogP contribution in [0.4, 0.5) is 0 Å². The molecule has 0 saturated carbocycles. The van der Waals surface area contributed by atoms with E-state index in [2.05, 4.69) is 45.1 Å². The molecule has 0 heterocycles. The third-order valence-corrected chi connectivity index (χ3v) is 3.22. The lowest BCUT2D eigenvalue weighted by atomic mass is 9.84. The summed E-state index contributed by atoms with van der Waals surface area (Å²) in [4.78, 5) is 0. The summed E-state index contributed by atoms with van der Waals surface area (Å²) in [6.07, 6.45) is -0.319. The van der Waals surface area contributed by atoms with Crippen molar-refractivity contribution in [3.05, 3.63) is 28.8 Å². The smallest absolute Gasteiger partial charge is 0.122 e. The molecule has 108 valence electrons. The van der Waals surface area contributed by atoms with Crippen LogP contribution in [-0.4, -0.2) is 24.9 Å². The highest BCUT2D eigenvalue weighted by molar-refractivity contribution is 5.45. The second-order valence-electron chi connectivity index (χ2n) is 6.21. The first-order chi connectivity index (χ1) is 8.75. The summed E-state index contributed by atoms with van der Waals surface area (Å²) in [6.45, 7) is 11.8. The Kier molecular flexibility index (Phi) is 5.39. The Morgan fingerprint density at radius 2 is 1.95 bits per heavy atom. The summed E-state index contributed by atoms with van der Waals surface area (Å²) in [7, 11) is 1.72. The van der Waals surface area contributed by atoms with Gasteiger partial charge < -0.3 is 15.2 Å². The molecule has 0 bridgehead atoms. The number of aliphatic hydroxyl groups excluding tert-OH is 1. The van der Waals surface area contributed by atoms with Gasteiger partial charge in [-0.25, -0.2) is 0 Å². The van der Waals surface area contributed by atoms with Gasteiger partial charge in [0.2, 0.25) is 0 Å². The molecule has 0 radical (unpaired) electrons. The van der Waals surface area contributed by atoms with Crippen LogP contribution < -0.4 is 10.1 Å². The van der Waals surface area contributed by atoms with Gasteiger partial charge in [-0.1, -0.05) is 26.8 Å². The van der Waals surface area contributed by atoms with Crippen molar-refractivity contribution in [1.82, 2.24) is 5.32 Å². The summed E-state index contributed by atoms with van der Waals surface area (Å²) in [6, 6.07) is 4.31. The van der Waals surface area contributed by atoms with E-state index in [1.807, 2.05) is 0 Å². The Labute approximate surface area is 117 Å². The van der Waals surface area contributed by atoms with Gasteiger partial charge in [0.15, 0.2) is 0 Å². The molecule has 1 rings (SSSR count). The summed E-state index contributed by atoms with van der Waals surface area (Å²) < 4.78 is 5.49. The SMILES string of the molecule is COc1cc(C)c(CNCC(C)O)cc1C(C)(C)C. The Morgan fingerprint density at radius 3 is 2.42 bits per heavy atom. The monoisotopic (exact) mass is 265 g/mol. The maximum absolute atomic E-state index is 9.28. The Balaban J connectivity index is 2.99. The molecular weight excluding hydrogens is 238 g/mol. The van der Waals surface area contributed by atoms with Crippen molar-refractivity contribution >= 4 is 0 Å². The number of benzene rings is 1. The summed E-state index contributed by atoms with van der Waals surface area (Å²) in [5.41, 5.74) is 3.74. The van der Waals surface area contributed by atoms with Gasteiger partial charge in [0.1, 0.15) is 5.75 Å². The Hall–Kier alpha value is -1.06. The first kappa shape index (κ1) is 16.0. The number of nitrogens with one attached hydrogen (secondary N) is 1. The molecule has 3 nitrogen and oxygen atoms in total. The van der Waals surface area contributed by atoms with Crippen LogP contribution in [0.3, 0.4) is 0 Å². The zero-order valence-corrected chi connectivity index (χ0v) is 13.0. The molecule has 1 atom stereocenters. The highest BCUT2D eigenvalue weighted by Crippen LogP contribution is 2.33. The van der Waals surface area contributed by atoms with Gasteiger partial charge in [-0.3, -0.25) is 0 Å². The van der Waals surface area contributed by atoms with Gasteiger partial charge in [-0.15, -0.1) is 0 Å². The van der Waals surface area contributed by atoms with Crippen molar-refractivity contribution in [1.29, 1.82) is 0 Å². The number of aliphatic hydroxyl groups is 1. The van der Waals surface area contributed by atoms with Gasteiger partial charge in [-0.05, 0) is 42.0 Å². The fourth-order valence-corrected chi connectivity index (χ4v) is 2.09. The van der Waals surface area contributed by atoms with Crippen LogP contribution in [0.5, 0.6) is 5.75 Å². The molecule has 1 aromatic rings. The Morgan fingerprint density at radius 1 is 1.32 bits per heavy atom. The third kappa shape index (κ3) is 4.51. The number of aryl methyl sites for hydroxylation is 1. The van der Waals surface area contributed by atoms with E-state index in [4.69, 9.17) is 4.74 Å². The largest absolute Gasteiger partial charge is 0.496 e. The zero-order valence-electron chi connectivity index (χ0n) is 13.0. The van der Waals surface area contributed by atoms with E-state index in [-0.39, 0.29) is 11.5 Å². The van der Waals surface area contributed by atoms with E-state index in [9.17, 15) is 5.11 Å². The molecule has 2 N–H and O–H groups in total. The van der Waals surface area contributed by atoms with Crippen LogP contribution in [0, 0.1) is 6.92 Å². The lowest BCUT2D eigenvalue weighted by Crippen LogP contribution is -2.24. The number of methoxy groups -OCH3 is 1. The minimum atomic E-state index is -0.319. The van der Waals surface area contributed by atoms with Gasteiger partial charge in [0.05, 0.1) is 13.2 Å². The Bertz CT molecular complexity index is 419. The van der Waals surface area contributed by atoms with Crippen LogP contribution in [0.15, 0.2) is 12.1 Å². The molecule has 1 unspecified atom stereocenters. The maximum atomic E-state index is 9.28. The molecule has 1 aromatic carbocycles. The van der Waals surface area contributed by atoms with Crippen LogP contribution in [0.1, 0.15) is 44.4 Å². The lowest BCUT2D eigenvalue weighted by molar-refractivity contribution is 0.191. The van der Waals surface area contributed by atoms with Crippen LogP contribution in [0.25, 0.3) is 0 Å². The first-order valence-electron chi connectivity index (χ1n) is 6.82. The fraction of sp³-hybridized carbons (Fsp3) is 0.625. The molecule has 0 aliphatic heterocycles. The molecular formula is C16H27NO2. The summed E-state index contributed by atoms with van der Waals surface area (Å²) in [5.74, 6) is 0.948. The van der Waals surface area contributed by atoms with Crippen molar-refractivity contribution in [2.24, 2.45) is 0 Å². The molecule has 0 aromatic heterocycles. The molecule has 0 fully saturated rings. The van der Waals surface area contributed by atoms with E-state index in [1.165, 1.54) is 16.7 Å². The third-order valence-electron chi connectivity index (χ3n) is 3.22. The lowest BCUT2D eigenvalue weighted by Gasteiger charge is -2.24. The van der Waals surface area contributed by atoms with Gasteiger partial charge in [0.25, 0.3) is 0 Å². The highest BCUT2D eigenvalue weighted by atomic mass is 16.5. The van der Waals surface area contributed by atoms with Gasteiger partial charge >= 0.3 is 0 Å². The van der Waals surface area contributed by atoms with E-state index >= 15 is 0 Å². The van der Waals surface area contributed by atoms with E-state index in [1.54, 1.807) is 14.0 Å². The molecule has 3 heteroatoms. The van der Waals surface area contributed by atoms with Crippen molar-refractivity contribution < 1.29 is 9.84 Å². The maximum Gasteiger partial charge on any atom is 0.122 e. The quantitative estimate of drug-likeness (QED) is 0.860. The van der Waals surface area contributed by atoms with Gasteiger partial charge in [-0.2, -0.15) is 0 Å². The standard InChI is InChI=1S/C16H27NO2/c1-11-7-15(19-6)14(16(3,4)5)8-13(11)10-17-9-12(2)18/h7-8,12,17-18H,9-10H2,1-6H3. The van der Waals surface area contributed by atoms with Crippen molar-refractivity contribution in [2.75, 3.05) is 13.7 Å². The number of rotatable bonds is 5. The van der Waals surface area contributed by atoms with E-state index in [0.717, 1.165) is 12.3 Å². The molecule has 0 amide bonds. The molecule has 0 aliphatic rings. The first-order valence-corrected chi connectivity index (χ1v) is 6.82. The second kappa shape index (κ2) is 6.40. The van der Waals surface area contributed by atoms with E-state index in [0.29, 0.717) is 6.54 Å². The number of hydrogen-bond acceptors (Lipinski definition) is 3. The summed E-state index contributed by atoms with van der Waals surface area (Å²) >= 11 is 0. The zero-order chi connectivity index (χ0) is 14.6. The highest BCUT2D eigenvalue weighted by Gasteiger charge is 2.20. The fourth-order valence-electron chi connectivity index (χ4n) is 2.09. The van der Waals surface area contributed by atoms with E-state index < -0.39 is 0 Å². The minimum absolute atomic E-state index is 0.0536. The predicted molar refractivity (Wildman–Crippen MR) is 79.8 cm³/mol. The molecule has 19 heavy (non-hydrogen) atoms. The van der Waals surface area contributed by atoms with Crippen molar-refractivity contribution in [2.45, 2.75) is 52.7 Å². The molecule has 0 aliphatic carbocycles. The normalized spacial score (nSPS) is 13.4. The predicted octanol–water partition coefficient (Wildman–Crippen LogP) is 2.77. The average molecular weight is 265 g/mol. The van der Waals surface area contributed by atoms with Crippen LogP contribution in [-0.2, 0) is 12.0 Å². The average Bonchev–Trinajstić information content (AvgIpc) is 2.28. The van der Waals surface area contributed by atoms with Crippen molar-refractivity contribution in [3.8, 4) is 5.75 Å². The number of hydrogen-bond donors (Lipinski definition) is 2. The topological polar surface area (TPSA) is 41.5 Å². The molecule has 0 spiro atoms. The minimum Gasteiger partial charge on any atom is -0.496 e.